The average molecular weight is 238 g/mol. The zero-order valence-corrected chi connectivity index (χ0v) is 10.1. The summed E-state index contributed by atoms with van der Waals surface area (Å²) < 4.78 is 4.84. The molecule has 94 valence electrons. The van der Waals surface area contributed by atoms with Crippen molar-refractivity contribution in [3.05, 3.63) is 18.3 Å². The van der Waals surface area contributed by atoms with E-state index in [9.17, 15) is 4.79 Å². The van der Waals surface area contributed by atoms with Gasteiger partial charge in [0, 0.05) is 38.7 Å². The molecule has 1 aromatic rings. The lowest BCUT2D eigenvalue weighted by Gasteiger charge is -2.17. The topological polar surface area (TPSA) is 80.5 Å². The highest BCUT2D eigenvalue weighted by Crippen LogP contribution is 2.11. The fraction of sp³-hybridized carbons (Fsp3) is 0.455. The molecule has 6 heteroatoms. The van der Waals surface area contributed by atoms with Gasteiger partial charge >= 0.3 is 0 Å². The predicted octanol–water partition coefficient (Wildman–Crippen LogP) is -0.137. The maximum Gasteiger partial charge on any atom is 0.239 e. The number of aromatic nitrogens is 1. The van der Waals surface area contributed by atoms with Crippen LogP contribution in [0.1, 0.15) is 0 Å². The second kappa shape index (κ2) is 6.70. The van der Waals surface area contributed by atoms with Crippen LogP contribution >= 0.6 is 0 Å². The number of methoxy groups -OCH3 is 1. The quantitative estimate of drug-likeness (QED) is 0.674. The molecular weight excluding hydrogens is 220 g/mol. The van der Waals surface area contributed by atoms with Crippen molar-refractivity contribution in [1.29, 1.82) is 0 Å². The zero-order valence-electron chi connectivity index (χ0n) is 10.1. The van der Waals surface area contributed by atoms with E-state index in [0.29, 0.717) is 24.7 Å². The van der Waals surface area contributed by atoms with Crippen molar-refractivity contribution in [3.8, 4) is 0 Å². The second-order valence-corrected chi connectivity index (χ2v) is 3.65. The number of nitrogens with zero attached hydrogens (tertiary/aromatic N) is 2. The van der Waals surface area contributed by atoms with Crippen molar-refractivity contribution in [2.75, 3.05) is 44.5 Å². The lowest BCUT2D eigenvalue weighted by atomic mass is 10.4. The van der Waals surface area contributed by atoms with Crippen molar-refractivity contribution in [3.63, 3.8) is 0 Å². The van der Waals surface area contributed by atoms with E-state index in [-0.39, 0.29) is 12.5 Å². The van der Waals surface area contributed by atoms with Crippen LogP contribution < -0.4 is 16.0 Å². The highest BCUT2D eigenvalue weighted by molar-refractivity contribution is 5.80. The largest absolute Gasteiger partial charge is 0.399 e. The summed E-state index contributed by atoms with van der Waals surface area (Å²) in [5.41, 5.74) is 6.27. The standard InChI is InChI=1S/C11H18N4O2/c1-15(8-11(16)14-5-6-17-2)10-7-9(12)3-4-13-10/h3-4,7H,5-6,8H2,1-2H3,(H2,12,13)(H,14,16). The Bertz CT molecular complexity index is 370. The summed E-state index contributed by atoms with van der Waals surface area (Å²) in [4.78, 5) is 17.4. The van der Waals surface area contributed by atoms with E-state index in [2.05, 4.69) is 10.3 Å². The Balaban J connectivity index is 2.43. The van der Waals surface area contributed by atoms with E-state index >= 15 is 0 Å². The summed E-state index contributed by atoms with van der Waals surface area (Å²) in [6.45, 7) is 1.25. The molecule has 0 bridgehead atoms. The number of carbonyl (C=O) groups is 1. The number of nitrogens with two attached hydrogens (primary N) is 1. The SMILES string of the molecule is COCCNC(=O)CN(C)c1cc(N)ccn1. The minimum atomic E-state index is -0.0752. The molecule has 0 radical (unpaired) electrons. The Morgan fingerprint density at radius 2 is 2.41 bits per heavy atom. The monoisotopic (exact) mass is 238 g/mol. The average Bonchev–Trinajstić information content (AvgIpc) is 2.29. The van der Waals surface area contributed by atoms with Crippen molar-refractivity contribution in [1.82, 2.24) is 10.3 Å². The van der Waals surface area contributed by atoms with Gasteiger partial charge in [-0.15, -0.1) is 0 Å². The Hall–Kier alpha value is -1.82. The smallest absolute Gasteiger partial charge is 0.239 e. The summed E-state index contributed by atoms with van der Waals surface area (Å²) >= 11 is 0. The van der Waals surface area contributed by atoms with Gasteiger partial charge in [0.2, 0.25) is 5.91 Å². The molecule has 3 N–H and O–H groups in total. The Morgan fingerprint density at radius 1 is 1.65 bits per heavy atom. The van der Waals surface area contributed by atoms with E-state index in [4.69, 9.17) is 10.5 Å². The molecule has 0 aliphatic heterocycles. The molecule has 1 heterocycles. The van der Waals surface area contributed by atoms with Crippen LogP contribution in [0, 0.1) is 0 Å². The zero-order chi connectivity index (χ0) is 12.7. The van der Waals surface area contributed by atoms with E-state index in [0.717, 1.165) is 0 Å². The van der Waals surface area contributed by atoms with E-state index in [1.54, 1.807) is 37.4 Å². The van der Waals surface area contributed by atoms with Gasteiger partial charge in [-0.25, -0.2) is 4.98 Å². The fourth-order valence-corrected chi connectivity index (χ4v) is 1.29. The molecule has 0 unspecified atom stereocenters. The highest BCUT2D eigenvalue weighted by atomic mass is 16.5. The number of rotatable bonds is 6. The van der Waals surface area contributed by atoms with Gasteiger partial charge in [0.1, 0.15) is 5.82 Å². The van der Waals surface area contributed by atoms with Crippen LogP contribution in [0.5, 0.6) is 0 Å². The number of carbonyl (C=O) groups excluding carboxylic acids is 1. The highest BCUT2D eigenvalue weighted by Gasteiger charge is 2.07. The number of nitrogen functional groups attached to an aromatic ring is 1. The molecule has 0 atom stereocenters. The molecule has 0 aliphatic rings. The van der Waals surface area contributed by atoms with E-state index in [1.807, 2.05) is 0 Å². The lowest BCUT2D eigenvalue weighted by Crippen LogP contribution is -2.36. The van der Waals surface area contributed by atoms with Crippen molar-refractivity contribution >= 4 is 17.4 Å². The van der Waals surface area contributed by atoms with Gasteiger partial charge in [-0.2, -0.15) is 0 Å². The van der Waals surface area contributed by atoms with Crippen LogP contribution in [-0.2, 0) is 9.53 Å². The third kappa shape index (κ3) is 4.69. The van der Waals surface area contributed by atoms with Crippen LogP contribution in [0.3, 0.4) is 0 Å². The Labute approximate surface area is 101 Å². The fourth-order valence-electron chi connectivity index (χ4n) is 1.29. The minimum absolute atomic E-state index is 0.0752. The number of ether oxygens (including phenoxy) is 1. The number of nitrogens with one attached hydrogen (secondary N) is 1. The minimum Gasteiger partial charge on any atom is -0.399 e. The first kappa shape index (κ1) is 13.2. The summed E-state index contributed by atoms with van der Waals surface area (Å²) in [6, 6.07) is 3.43. The van der Waals surface area contributed by atoms with Gasteiger partial charge in [-0.1, -0.05) is 0 Å². The van der Waals surface area contributed by atoms with Gasteiger partial charge < -0.3 is 20.7 Å². The van der Waals surface area contributed by atoms with Gasteiger partial charge in [0.25, 0.3) is 0 Å². The van der Waals surface area contributed by atoms with Crippen LogP contribution in [0.4, 0.5) is 11.5 Å². The van der Waals surface area contributed by atoms with Crippen LogP contribution in [-0.4, -0.2) is 44.7 Å². The lowest BCUT2D eigenvalue weighted by molar-refractivity contribution is -0.119. The molecule has 1 rings (SSSR count). The molecule has 1 amide bonds. The molecule has 0 aromatic carbocycles. The molecule has 0 saturated heterocycles. The third-order valence-corrected chi connectivity index (χ3v) is 2.17. The second-order valence-electron chi connectivity index (χ2n) is 3.65. The number of anilines is 2. The first-order chi connectivity index (χ1) is 8.13. The first-order valence-corrected chi connectivity index (χ1v) is 5.32. The molecule has 1 aromatic heterocycles. The molecular formula is C11H18N4O2. The molecule has 0 aliphatic carbocycles. The number of pyridine rings is 1. The number of amides is 1. The number of hydrogen-bond donors (Lipinski definition) is 2. The van der Waals surface area contributed by atoms with Crippen molar-refractivity contribution in [2.45, 2.75) is 0 Å². The summed E-state index contributed by atoms with van der Waals surface area (Å²) in [7, 11) is 3.38. The third-order valence-electron chi connectivity index (χ3n) is 2.17. The Morgan fingerprint density at radius 3 is 3.06 bits per heavy atom. The van der Waals surface area contributed by atoms with Gasteiger partial charge in [0.05, 0.1) is 13.2 Å². The van der Waals surface area contributed by atoms with Crippen LogP contribution in [0.2, 0.25) is 0 Å². The summed E-state index contributed by atoms with van der Waals surface area (Å²) in [5, 5.41) is 2.73. The van der Waals surface area contributed by atoms with Gasteiger partial charge in [-0.05, 0) is 6.07 Å². The van der Waals surface area contributed by atoms with Crippen molar-refractivity contribution in [2.24, 2.45) is 0 Å². The maximum atomic E-state index is 11.5. The van der Waals surface area contributed by atoms with Crippen LogP contribution in [0.15, 0.2) is 18.3 Å². The molecule has 6 nitrogen and oxygen atoms in total. The van der Waals surface area contributed by atoms with Crippen molar-refractivity contribution < 1.29 is 9.53 Å². The molecule has 0 fully saturated rings. The Kier molecular flexibility index (Phi) is 5.22. The molecule has 0 saturated carbocycles. The molecule has 17 heavy (non-hydrogen) atoms. The predicted molar refractivity (Wildman–Crippen MR) is 66.8 cm³/mol. The first-order valence-electron chi connectivity index (χ1n) is 5.32. The summed E-state index contributed by atoms with van der Waals surface area (Å²) in [6.07, 6.45) is 1.62. The van der Waals surface area contributed by atoms with Gasteiger partial charge in [0.15, 0.2) is 0 Å². The van der Waals surface area contributed by atoms with Crippen LogP contribution in [0.25, 0.3) is 0 Å². The maximum absolute atomic E-state index is 11.5. The van der Waals surface area contributed by atoms with E-state index in [1.165, 1.54) is 0 Å². The summed E-state index contributed by atoms with van der Waals surface area (Å²) in [5.74, 6) is 0.598. The van der Waals surface area contributed by atoms with Gasteiger partial charge in [-0.3, -0.25) is 4.79 Å². The van der Waals surface area contributed by atoms with E-state index < -0.39 is 0 Å². The normalized spacial score (nSPS) is 10.0. The molecule has 0 spiro atoms. The number of hydrogen-bond acceptors (Lipinski definition) is 5. The number of likely N-dealkylation sites (N-methyl/N-ethyl adjacent to an activating group) is 1.